The smallest absolute Gasteiger partial charge is 0.311 e. The summed E-state index contributed by atoms with van der Waals surface area (Å²) in [5.41, 5.74) is -0.988. The van der Waals surface area contributed by atoms with Crippen LogP contribution in [0.3, 0.4) is 0 Å². The zero-order valence-corrected chi connectivity index (χ0v) is 11.5. The minimum Gasteiger partial charge on any atom is -0.465 e. The Bertz CT molecular complexity index is 327. The van der Waals surface area contributed by atoms with Gasteiger partial charge in [-0.1, -0.05) is 13.8 Å². The number of hydrogen-bond acceptors (Lipinski definition) is 3. The Balaban J connectivity index is 2.89. The predicted molar refractivity (Wildman–Crippen MR) is 65.4 cm³/mol. The molecular weight excluding hydrogens is 218 g/mol. The fraction of sp³-hybridized carbons (Fsp3) is 0.846. The van der Waals surface area contributed by atoms with Gasteiger partial charge in [0.1, 0.15) is 0 Å². The van der Waals surface area contributed by atoms with Crippen molar-refractivity contribution in [1.29, 1.82) is 0 Å². The van der Waals surface area contributed by atoms with Crippen molar-refractivity contribution >= 4 is 11.9 Å². The molecule has 0 aromatic rings. The molecule has 4 nitrogen and oxygen atoms in total. The molecule has 2 atom stereocenters. The van der Waals surface area contributed by atoms with Crippen LogP contribution in [-0.2, 0) is 14.3 Å². The molecule has 98 valence electrons. The first-order chi connectivity index (χ1) is 7.75. The van der Waals surface area contributed by atoms with Gasteiger partial charge in [-0.15, -0.1) is 0 Å². The fourth-order valence-corrected chi connectivity index (χ4v) is 2.56. The van der Waals surface area contributed by atoms with E-state index in [0.717, 1.165) is 6.42 Å². The summed E-state index contributed by atoms with van der Waals surface area (Å²) < 4.78 is 5.04. The molecule has 1 heterocycles. The molecular formula is C13H23NO3. The Morgan fingerprint density at radius 2 is 2.12 bits per heavy atom. The molecule has 0 spiro atoms. The molecule has 0 N–H and O–H groups in total. The molecule has 17 heavy (non-hydrogen) atoms. The lowest BCUT2D eigenvalue weighted by molar-refractivity contribution is -0.149. The van der Waals surface area contributed by atoms with Crippen molar-refractivity contribution in [2.75, 3.05) is 20.7 Å². The quantitative estimate of drug-likeness (QED) is 0.705. The van der Waals surface area contributed by atoms with Crippen LogP contribution in [0.15, 0.2) is 0 Å². The Morgan fingerprint density at radius 3 is 2.47 bits per heavy atom. The fourth-order valence-electron chi connectivity index (χ4n) is 2.56. The van der Waals surface area contributed by atoms with E-state index in [1.54, 1.807) is 19.0 Å². The lowest BCUT2D eigenvalue weighted by atomic mass is 9.70. The highest BCUT2D eigenvalue weighted by atomic mass is 16.5. The van der Waals surface area contributed by atoms with Crippen molar-refractivity contribution < 1.29 is 14.3 Å². The van der Waals surface area contributed by atoms with Crippen LogP contribution in [0.2, 0.25) is 0 Å². The summed E-state index contributed by atoms with van der Waals surface area (Å²) >= 11 is 0. The van der Waals surface area contributed by atoms with Crippen molar-refractivity contribution in [3.05, 3.63) is 0 Å². The van der Waals surface area contributed by atoms with Crippen LogP contribution in [0.25, 0.3) is 0 Å². The third-order valence-corrected chi connectivity index (χ3v) is 3.86. The Kier molecular flexibility index (Phi) is 3.84. The van der Waals surface area contributed by atoms with E-state index in [-0.39, 0.29) is 11.9 Å². The van der Waals surface area contributed by atoms with E-state index in [1.807, 2.05) is 20.8 Å². The van der Waals surface area contributed by atoms with E-state index in [4.69, 9.17) is 4.74 Å². The van der Waals surface area contributed by atoms with Gasteiger partial charge in [-0.25, -0.2) is 0 Å². The third kappa shape index (κ3) is 2.61. The number of rotatable bonds is 4. The van der Waals surface area contributed by atoms with Crippen LogP contribution in [0.1, 0.15) is 40.0 Å². The molecule has 1 aliphatic rings. The molecule has 2 unspecified atom stereocenters. The second-order valence-electron chi connectivity index (χ2n) is 5.74. The largest absolute Gasteiger partial charge is 0.465 e. The van der Waals surface area contributed by atoms with E-state index in [0.29, 0.717) is 19.4 Å². The maximum atomic E-state index is 12.2. The van der Waals surface area contributed by atoms with Gasteiger partial charge in [0.25, 0.3) is 0 Å². The van der Waals surface area contributed by atoms with Crippen LogP contribution < -0.4 is 0 Å². The second kappa shape index (κ2) is 4.67. The first-order valence-corrected chi connectivity index (χ1v) is 6.14. The number of hydrogen-bond donors (Lipinski definition) is 0. The third-order valence-electron chi connectivity index (χ3n) is 3.86. The summed E-state index contributed by atoms with van der Waals surface area (Å²) in [4.78, 5) is 25.5. The van der Waals surface area contributed by atoms with E-state index in [9.17, 15) is 9.59 Å². The number of cyclic esters (lactones) is 1. The van der Waals surface area contributed by atoms with Gasteiger partial charge in [0.2, 0.25) is 5.91 Å². The molecule has 0 bridgehead atoms. The summed E-state index contributed by atoms with van der Waals surface area (Å²) in [6.07, 6.45) is 2.00. The molecule has 0 radical (unpaired) electrons. The normalized spacial score (nSPS) is 27.5. The summed E-state index contributed by atoms with van der Waals surface area (Å²) in [6.45, 7) is 6.31. The van der Waals surface area contributed by atoms with Gasteiger partial charge >= 0.3 is 5.97 Å². The van der Waals surface area contributed by atoms with Crippen LogP contribution in [0.5, 0.6) is 0 Å². The molecule has 0 aromatic carbocycles. The van der Waals surface area contributed by atoms with Crippen molar-refractivity contribution in [2.45, 2.75) is 40.0 Å². The van der Waals surface area contributed by atoms with E-state index < -0.39 is 10.8 Å². The zero-order valence-electron chi connectivity index (χ0n) is 11.5. The highest BCUT2D eigenvalue weighted by Gasteiger charge is 2.47. The first kappa shape index (κ1) is 14.0. The van der Waals surface area contributed by atoms with Gasteiger partial charge in [-0.3, -0.25) is 9.59 Å². The maximum absolute atomic E-state index is 12.2. The minimum absolute atomic E-state index is 0.0842. The topological polar surface area (TPSA) is 46.6 Å². The van der Waals surface area contributed by atoms with Gasteiger partial charge in [-0.05, 0) is 26.2 Å². The highest BCUT2D eigenvalue weighted by molar-refractivity contribution is 5.84. The van der Waals surface area contributed by atoms with Gasteiger partial charge in [-0.2, -0.15) is 0 Å². The number of ether oxygens (including phenoxy) is 1. The van der Waals surface area contributed by atoms with E-state index >= 15 is 0 Å². The first-order valence-electron chi connectivity index (χ1n) is 6.14. The molecule has 1 rings (SSSR count). The van der Waals surface area contributed by atoms with Crippen LogP contribution in [-0.4, -0.2) is 37.5 Å². The number of esters is 1. The lowest BCUT2D eigenvalue weighted by Crippen LogP contribution is -2.42. The van der Waals surface area contributed by atoms with Crippen molar-refractivity contribution in [3.8, 4) is 0 Å². The maximum Gasteiger partial charge on any atom is 0.311 e. The zero-order chi connectivity index (χ0) is 13.3. The van der Waals surface area contributed by atoms with Gasteiger partial charge in [0, 0.05) is 19.5 Å². The van der Waals surface area contributed by atoms with E-state index in [2.05, 4.69) is 0 Å². The number of carbonyl (C=O) groups excluding carboxylic acids is 2. The average Bonchev–Trinajstić information content (AvgIpc) is 2.57. The molecule has 4 heteroatoms. The van der Waals surface area contributed by atoms with Gasteiger partial charge < -0.3 is 9.64 Å². The molecule has 0 saturated carbocycles. The lowest BCUT2D eigenvalue weighted by Gasteiger charge is -2.35. The van der Waals surface area contributed by atoms with Crippen LogP contribution >= 0.6 is 0 Å². The predicted octanol–water partition coefficient (Wildman–Crippen LogP) is 1.83. The highest BCUT2D eigenvalue weighted by Crippen LogP contribution is 2.43. The molecule has 1 aliphatic heterocycles. The minimum atomic E-state index is -0.504. The molecule has 1 saturated heterocycles. The number of amides is 1. The van der Waals surface area contributed by atoms with Crippen LogP contribution in [0, 0.1) is 10.8 Å². The summed E-state index contributed by atoms with van der Waals surface area (Å²) in [7, 11) is 3.51. The van der Waals surface area contributed by atoms with Crippen molar-refractivity contribution in [1.82, 2.24) is 4.90 Å². The van der Waals surface area contributed by atoms with E-state index in [1.165, 1.54) is 0 Å². The standard InChI is InChI=1S/C13H23NO3/c1-6-12(2,10(15)14(4)5)9-13(3)7-8-17-11(13)16/h6-9H2,1-5H3. The number of nitrogens with zero attached hydrogens (tertiary/aromatic N) is 1. The Labute approximate surface area is 103 Å². The van der Waals surface area contributed by atoms with Crippen molar-refractivity contribution in [2.24, 2.45) is 10.8 Å². The molecule has 1 amide bonds. The van der Waals surface area contributed by atoms with Crippen molar-refractivity contribution in [3.63, 3.8) is 0 Å². The summed E-state index contributed by atoms with van der Waals surface area (Å²) in [5, 5.41) is 0. The van der Waals surface area contributed by atoms with Gasteiger partial charge in [0.05, 0.1) is 12.0 Å². The Hall–Kier alpha value is -1.06. The molecule has 0 aromatic heterocycles. The SMILES string of the molecule is CCC(C)(CC1(C)CCOC1=O)C(=O)N(C)C. The summed E-state index contributed by atoms with van der Waals surface area (Å²) in [5.74, 6) is -0.0790. The van der Waals surface area contributed by atoms with Crippen LogP contribution in [0.4, 0.5) is 0 Å². The van der Waals surface area contributed by atoms with Gasteiger partial charge in [0.15, 0.2) is 0 Å². The summed E-state index contributed by atoms with van der Waals surface area (Å²) in [6, 6.07) is 0. The molecule has 1 fully saturated rings. The monoisotopic (exact) mass is 241 g/mol. The Morgan fingerprint density at radius 1 is 1.53 bits per heavy atom. The second-order valence-corrected chi connectivity index (χ2v) is 5.74. The number of carbonyl (C=O) groups is 2. The average molecular weight is 241 g/mol. The molecule has 0 aliphatic carbocycles.